The van der Waals surface area contributed by atoms with E-state index in [4.69, 9.17) is 11.6 Å². The molecule has 3 aromatic rings. The number of amides is 1. The largest absolute Gasteiger partial charge is 0.435 e. The summed E-state index contributed by atoms with van der Waals surface area (Å²) in [5.74, 6) is -0.710. The zero-order chi connectivity index (χ0) is 21.1. The molecule has 0 aliphatic rings. The number of nitrogens with one attached hydrogen (secondary N) is 1. The van der Waals surface area contributed by atoms with E-state index in [1.54, 1.807) is 19.1 Å². The Balaban J connectivity index is 1.83. The molecular weight excluding hydrogens is 428 g/mol. The van der Waals surface area contributed by atoms with Crippen LogP contribution in [0.1, 0.15) is 15.2 Å². The number of halogens is 3. The Morgan fingerprint density at radius 1 is 1.28 bits per heavy atom. The molecule has 1 aromatic heterocycles. The Morgan fingerprint density at radius 2 is 1.97 bits per heavy atom. The SMILES string of the molecule is Cc1sc(NC(=O)c2cc(Cl)ccc2[N+](=O)[O-])nc1-c1ccc(OC(F)F)cc1. The van der Waals surface area contributed by atoms with Crippen molar-refractivity contribution < 1.29 is 23.2 Å². The molecule has 0 saturated carbocycles. The fourth-order valence-corrected chi connectivity index (χ4v) is 3.53. The van der Waals surface area contributed by atoms with Gasteiger partial charge in [-0.15, -0.1) is 11.3 Å². The van der Waals surface area contributed by atoms with E-state index in [2.05, 4.69) is 15.0 Å². The summed E-state index contributed by atoms with van der Waals surface area (Å²) in [7, 11) is 0. The van der Waals surface area contributed by atoms with Crippen molar-refractivity contribution in [3.05, 3.63) is 68.0 Å². The number of hydrogen-bond donors (Lipinski definition) is 1. The number of nitro groups is 1. The maximum atomic E-state index is 12.5. The minimum atomic E-state index is -2.92. The molecule has 1 heterocycles. The van der Waals surface area contributed by atoms with Gasteiger partial charge < -0.3 is 4.74 Å². The van der Waals surface area contributed by atoms with Crippen molar-refractivity contribution in [1.29, 1.82) is 0 Å². The van der Waals surface area contributed by atoms with Gasteiger partial charge in [-0.05, 0) is 43.3 Å². The molecule has 150 valence electrons. The van der Waals surface area contributed by atoms with Gasteiger partial charge in [-0.1, -0.05) is 11.6 Å². The van der Waals surface area contributed by atoms with Crippen LogP contribution in [0.25, 0.3) is 11.3 Å². The van der Waals surface area contributed by atoms with Crippen molar-refractivity contribution in [2.75, 3.05) is 5.32 Å². The molecule has 2 aromatic carbocycles. The normalized spacial score (nSPS) is 10.8. The summed E-state index contributed by atoms with van der Waals surface area (Å²) >= 11 is 7.02. The van der Waals surface area contributed by atoms with E-state index < -0.39 is 17.4 Å². The highest BCUT2D eigenvalue weighted by Gasteiger charge is 2.22. The molecule has 11 heteroatoms. The third kappa shape index (κ3) is 4.84. The zero-order valence-corrected chi connectivity index (χ0v) is 16.3. The number of nitrogens with zero attached hydrogens (tertiary/aromatic N) is 2. The molecule has 0 radical (unpaired) electrons. The number of rotatable bonds is 6. The van der Waals surface area contributed by atoms with Gasteiger partial charge in [0.25, 0.3) is 11.6 Å². The number of ether oxygens (including phenoxy) is 1. The standard InChI is InChI=1S/C18H12ClF2N3O4S/c1-9-15(10-2-5-12(6-3-10)28-17(20)21)22-18(29-9)23-16(25)13-8-11(19)4-7-14(13)24(26)27/h2-8,17H,1H3,(H,22,23,25). The highest BCUT2D eigenvalue weighted by atomic mass is 35.5. The van der Waals surface area contributed by atoms with Gasteiger partial charge in [0.05, 0.1) is 10.6 Å². The van der Waals surface area contributed by atoms with Gasteiger partial charge in [-0.2, -0.15) is 8.78 Å². The molecule has 0 aliphatic heterocycles. The number of carbonyl (C=O) groups excluding carboxylic acids is 1. The van der Waals surface area contributed by atoms with Crippen molar-refractivity contribution in [3.8, 4) is 17.0 Å². The number of alkyl halides is 2. The monoisotopic (exact) mass is 439 g/mol. The Hall–Kier alpha value is -3.11. The summed E-state index contributed by atoms with van der Waals surface area (Å²) in [6.07, 6.45) is 0. The van der Waals surface area contributed by atoms with Crippen LogP contribution >= 0.6 is 22.9 Å². The van der Waals surface area contributed by atoms with Crippen molar-refractivity contribution >= 4 is 39.7 Å². The number of thiazole rings is 1. The van der Waals surface area contributed by atoms with Crippen LogP contribution in [0.2, 0.25) is 5.02 Å². The van der Waals surface area contributed by atoms with E-state index >= 15 is 0 Å². The molecule has 0 atom stereocenters. The van der Waals surface area contributed by atoms with Crippen LogP contribution in [0, 0.1) is 17.0 Å². The minimum Gasteiger partial charge on any atom is -0.435 e. The van der Waals surface area contributed by atoms with E-state index in [-0.39, 0.29) is 27.2 Å². The Labute approximate surface area is 172 Å². The lowest BCUT2D eigenvalue weighted by Gasteiger charge is -2.05. The quantitative estimate of drug-likeness (QED) is 0.402. The lowest BCUT2D eigenvalue weighted by Crippen LogP contribution is -2.13. The summed E-state index contributed by atoms with van der Waals surface area (Å²) in [6.45, 7) is -1.15. The first-order valence-corrected chi connectivity index (χ1v) is 9.22. The fraction of sp³-hybridized carbons (Fsp3) is 0.111. The van der Waals surface area contributed by atoms with E-state index in [1.165, 1.54) is 35.6 Å². The highest BCUT2D eigenvalue weighted by Crippen LogP contribution is 2.32. The zero-order valence-electron chi connectivity index (χ0n) is 14.7. The number of hydrogen-bond acceptors (Lipinski definition) is 6. The predicted octanol–water partition coefficient (Wildman–Crippen LogP) is 5.53. The number of benzene rings is 2. The van der Waals surface area contributed by atoms with Gasteiger partial charge >= 0.3 is 6.61 Å². The van der Waals surface area contributed by atoms with Crippen LogP contribution < -0.4 is 10.1 Å². The maximum Gasteiger partial charge on any atom is 0.387 e. The number of aryl methyl sites for hydroxylation is 1. The lowest BCUT2D eigenvalue weighted by atomic mass is 10.1. The van der Waals surface area contributed by atoms with Crippen molar-refractivity contribution in [2.45, 2.75) is 13.5 Å². The van der Waals surface area contributed by atoms with Gasteiger partial charge in [0.2, 0.25) is 0 Å². The van der Waals surface area contributed by atoms with Crippen LogP contribution in [0.4, 0.5) is 19.6 Å². The van der Waals surface area contributed by atoms with Crippen LogP contribution in [0.15, 0.2) is 42.5 Å². The smallest absolute Gasteiger partial charge is 0.387 e. The second kappa shape index (κ2) is 8.50. The molecule has 1 amide bonds. The van der Waals surface area contributed by atoms with Crippen LogP contribution in [0.5, 0.6) is 5.75 Å². The maximum absolute atomic E-state index is 12.5. The van der Waals surface area contributed by atoms with Gasteiger partial charge in [0, 0.05) is 21.5 Å². The Morgan fingerprint density at radius 3 is 2.59 bits per heavy atom. The first-order valence-electron chi connectivity index (χ1n) is 8.02. The van der Waals surface area contributed by atoms with Crippen LogP contribution in [-0.2, 0) is 0 Å². The molecule has 7 nitrogen and oxygen atoms in total. The molecule has 1 N–H and O–H groups in total. The molecule has 0 saturated heterocycles. The molecule has 0 bridgehead atoms. The summed E-state index contributed by atoms with van der Waals surface area (Å²) in [5.41, 5.74) is 0.601. The van der Waals surface area contributed by atoms with E-state index in [1.807, 2.05) is 0 Å². The van der Waals surface area contributed by atoms with Crippen LogP contribution in [0.3, 0.4) is 0 Å². The summed E-state index contributed by atoms with van der Waals surface area (Å²) < 4.78 is 28.8. The highest BCUT2D eigenvalue weighted by molar-refractivity contribution is 7.16. The average Bonchev–Trinajstić information content (AvgIpc) is 3.01. The predicted molar refractivity (Wildman–Crippen MR) is 105 cm³/mol. The summed E-state index contributed by atoms with van der Waals surface area (Å²) in [6, 6.07) is 9.57. The van der Waals surface area contributed by atoms with E-state index in [0.29, 0.717) is 11.3 Å². The second-order valence-corrected chi connectivity index (χ2v) is 7.34. The first-order chi connectivity index (χ1) is 13.7. The van der Waals surface area contributed by atoms with Gasteiger partial charge in [0.15, 0.2) is 5.13 Å². The van der Waals surface area contributed by atoms with Gasteiger partial charge in [0.1, 0.15) is 11.3 Å². The number of anilines is 1. The van der Waals surface area contributed by atoms with E-state index in [9.17, 15) is 23.7 Å². The minimum absolute atomic E-state index is 0.0124. The van der Waals surface area contributed by atoms with Crippen molar-refractivity contribution in [3.63, 3.8) is 0 Å². The lowest BCUT2D eigenvalue weighted by molar-refractivity contribution is -0.385. The van der Waals surface area contributed by atoms with Gasteiger partial charge in [-0.25, -0.2) is 4.98 Å². The third-order valence-electron chi connectivity index (χ3n) is 3.77. The first kappa shape index (κ1) is 20.6. The third-order valence-corrected chi connectivity index (χ3v) is 4.89. The summed E-state index contributed by atoms with van der Waals surface area (Å²) in [4.78, 5) is 28.0. The van der Waals surface area contributed by atoms with Crippen molar-refractivity contribution in [2.24, 2.45) is 0 Å². The molecule has 0 unspecified atom stereocenters. The molecule has 3 rings (SSSR count). The molecule has 0 spiro atoms. The Kier molecular flexibility index (Phi) is 6.04. The second-order valence-electron chi connectivity index (χ2n) is 5.70. The van der Waals surface area contributed by atoms with Crippen molar-refractivity contribution in [1.82, 2.24) is 4.98 Å². The molecule has 29 heavy (non-hydrogen) atoms. The fourth-order valence-electron chi connectivity index (χ4n) is 2.53. The number of carbonyl (C=O) groups is 1. The van der Waals surface area contributed by atoms with E-state index in [0.717, 1.165) is 10.9 Å². The average molecular weight is 440 g/mol. The number of aromatic nitrogens is 1. The molecule has 0 fully saturated rings. The van der Waals surface area contributed by atoms with Gasteiger partial charge in [-0.3, -0.25) is 20.2 Å². The molecular formula is C18H12ClF2N3O4S. The summed E-state index contributed by atoms with van der Waals surface area (Å²) in [5, 5.41) is 14.1. The van der Waals surface area contributed by atoms with Crippen LogP contribution in [-0.4, -0.2) is 22.4 Å². The molecule has 0 aliphatic carbocycles. The number of nitro benzene ring substituents is 1. The topological polar surface area (TPSA) is 94.4 Å². The Bertz CT molecular complexity index is 1070.